The SMILES string of the molecule is O=C(CCn1c(=O)c2cccn2c2ccc(F)cc21)NCc1cccc(Br)c1. The number of fused-ring (bicyclic) bond motifs is 3. The maximum atomic E-state index is 13.8. The Morgan fingerprint density at radius 1 is 1.04 bits per heavy atom. The molecule has 0 atom stereocenters. The van der Waals surface area contributed by atoms with E-state index in [9.17, 15) is 14.0 Å². The maximum absolute atomic E-state index is 13.8. The van der Waals surface area contributed by atoms with Crippen molar-refractivity contribution in [2.45, 2.75) is 19.5 Å². The van der Waals surface area contributed by atoms with E-state index in [1.54, 1.807) is 28.8 Å². The van der Waals surface area contributed by atoms with Crippen LogP contribution in [0, 0.1) is 5.82 Å². The molecule has 0 aliphatic heterocycles. The molecule has 0 unspecified atom stereocenters. The summed E-state index contributed by atoms with van der Waals surface area (Å²) in [6, 6.07) is 15.5. The van der Waals surface area contributed by atoms with Crippen molar-refractivity contribution in [2.24, 2.45) is 0 Å². The largest absolute Gasteiger partial charge is 0.352 e. The topological polar surface area (TPSA) is 55.5 Å². The van der Waals surface area contributed by atoms with Crippen LogP contribution in [0.2, 0.25) is 0 Å². The lowest BCUT2D eigenvalue weighted by atomic mass is 10.2. The first kappa shape index (κ1) is 18.4. The summed E-state index contributed by atoms with van der Waals surface area (Å²) in [7, 11) is 0. The van der Waals surface area contributed by atoms with Crippen LogP contribution in [0.5, 0.6) is 0 Å². The van der Waals surface area contributed by atoms with Crippen LogP contribution in [-0.2, 0) is 17.9 Å². The van der Waals surface area contributed by atoms with Crippen molar-refractivity contribution in [3.63, 3.8) is 0 Å². The first-order valence-electron chi connectivity index (χ1n) is 8.83. The van der Waals surface area contributed by atoms with Crippen molar-refractivity contribution in [1.82, 2.24) is 14.3 Å². The van der Waals surface area contributed by atoms with Crippen LogP contribution in [0.25, 0.3) is 16.6 Å². The fraction of sp³-hybridized carbons (Fsp3) is 0.143. The highest BCUT2D eigenvalue weighted by Gasteiger charge is 2.12. The van der Waals surface area contributed by atoms with Gasteiger partial charge in [0.05, 0.1) is 11.0 Å². The number of hydrogen-bond acceptors (Lipinski definition) is 2. The highest BCUT2D eigenvalue weighted by molar-refractivity contribution is 9.10. The molecular weight excluding hydrogens is 425 g/mol. The Hall–Kier alpha value is -2.93. The third-order valence-corrected chi connectivity index (χ3v) is 5.14. The minimum Gasteiger partial charge on any atom is -0.352 e. The van der Waals surface area contributed by atoms with E-state index in [4.69, 9.17) is 0 Å². The molecule has 7 heteroatoms. The zero-order chi connectivity index (χ0) is 19.7. The Kier molecular flexibility index (Phi) is 5.00. The van der Waals surface area contributed by atoms with Gasteiger partial charge in [0, 0.05) is 30.2 Å². The highest BCUT2D eigenvalue weighted by atomic mass is 79.9. The number of carbonyl (C=O) groups excluding carboxylic acids is 1. The van der Waals surface area contributed by atoms with Crippen molar-refractivity contribution in [2.75, 3.05) is 0 Å². The van der Waals surface area contributed by atoms with Gasteiger partial charge in [0.1, 0.15) is 11.3 Å². The quantitative estimate of drug-likeness (QED) is 0.511. The fourth-order valence-corrected chi connectivity index (χ4v) is 3.75. The molecule has 28 heavy (non-hydrogen) atoms. The van der Waals surface area contributed by atoms with Gasteiger partial charge in [0.15, 0.2) is 0 Å². The van der Waals surface area contributed by atoms with Crippen molar-refractivity contribution in [3.8, 4) is 0 Å². The molecule has 0 bridgehead atoms. The van der Waals surface area contributed by atoms with Gasteiger partial charge in [0.25, 0.3) is 5.56 Å². The molecule has 4 aromatic rings. The lowest BCUT2D eigenvalue weighted by Crippen LogP contribution is -2.28. The first-order chi connectivity index (χ1) is 13.5. The molecule has 0 fully saturated rings. The summed E-state index contributed by atoms with van der Waals surface area (Å²) >= 11 is 3.40. The van der Waals surface area contributed by atoms with E-state index in [2.05, 4.69) is 21.2 Å². The van der Waals surface area contributed by atoms with E-state index in [0.717, 1.165) is 15.6 Å². The van der Waals surface area contributed by atoms with Crippen LogP contribution >= 0.6 is 15.9 Å². The molecule has 2 heterocycles. The van der Waals surface area contributed by atoms with E-state index in [0.29, 0.717) is 17.6 Å². The Morgan fingerprint density at radius 3 is 2.71 bits per heavy atom. The summed E-state index contributed by atoms with van der Waals surface area (Å²) in [4.78, 5) is 25.1. The lowest BCUT2D eigenvalue weighted by molar-refractivity contribution is -0.121. The average Bonchev–Trinajstić information content (AvgIpc) is 3.16. The summed E-state index contributed by atoms with van der Waals surface area (Å²) in [5, 5.41) is 2.85. The molecular formula is C21H17BrFN3O2. The number of amides is 1. The third kappa shape index (κ3) is 3.57. The first-order valence-corrected chi connectivity index (χ1v) is 9.62. The normalized spacial score (nSPS) is 11.2. The van der Waals surface area contributed by atoms with E-state index < -0.39 is 5.82 Å². The van der Waals surface area contributed by atoms with Gasteiger partial charge in [0.2, 0.25) is 5.91 Å². The minimum atomic E-state index is -0.425. The molecule has 142 valence electrons. The molecule has 0 aliphatic rings. The van der Waals surface area contributed by atoms with Crippen LogP contribution in [0.15, 0.2) is 70.1 Å². The van der Waals surface area contributed by atoms with Crippen molar-refractivity contribution in [3.05, 3.63) is 87.0 Å². The van der Waals surface area contributed by atoms with Gasteiger partial charge in [-0.15, -0.1) is 0 Å². The fourth-order valence-electron chi connectivity index (χ4n) is 3.30. The number of benzene rings is 2. The Balaban J connectivity index is 1.57. The van der Waals surface area contributed by atoms with Crippen LogP contribution in [-0.4, -0.2) is 14.9 Å². The van der Waals surface area contributed by atoms with Crippen LogP contribution in [0.3, 0.4) is 0 Å². The lowest BCUT2D eigenvalue weighted by Gasteiger charge is -2.13. The highest BCUT2D eigenvalue weighted by Crippen LogP contribution is 2.17. The molecule has 0 radical (unpaired) electrons. The minimum absolute atomic E-state index is 0.121. The number of hydrogen-bond donors (Lipinski definition) is 1. The van der Waals surface area contributed by atoms with Gasteiger partial charge in [-0.05, 0) is 48.0 Å². The Labute approximate surface area is 168 Å². The summed E-state index contributed by atoms with van der Waals surface area (Å²) in [6.07, 6.45) is 1.89. The Bertz CT molecular complexity index is 1250. The second kappa shape index (κ2) is 7.59. The molecule has 4 rings (SSSR count). The molecule has 1 amide bonds. The van der Waals surface area contributed by atoms with Gasteiger partial charge in [-0.1, -0.05) is 28.1 Å². The standard InChI is InChI=1S/C21H17BrFN3O2/c22-15-4-1-3-14(11-15)13-24-20(27)8-10-26-19-12-16(23)6-7-17(19)25-9-2-5-18(25)21(26)28/h1-7,9,11-12H,8,10,13H2,(H,24,27). The van der Waals surface area contributed by atoms with E-state index in [-0.39, 0.29) is 24.4 Å². The molecule has 0 saturated heterocycles. The average molecular weight is 442 g/mol. The van der Waals surface area contributed by atoms with Crippen LogP contribution in [0.4, 0.5) is 4.39 Å². The summed E-state index contributed by atoms with van der Waals surface area (Å²) in [5.74, 6) is -0.599. The molecule has 5 nitrogen and oxygen atoms in total. The number of aromatic nitrogens is 2. The van der Waals surface area contributed by atoms with Crippen molar-refractivity contribution < 1.29 is 9.18 Å². The Morgan fingerprint density at radius 2 is 1.89 bits per heavy atom. The molecule has 0 aliphatic carbocycles. The van der Waals surface area contributed by atoms with Gasteiger partial charge in [-0.25, -0.2) is 4.39 Å². The van der Waals surface area contributed by atoms with Crippen molar-refractivity contribution in [1.29, 1.82) is 0 Å². The second-order valence-electron chi connectivity index (χ2n) is 6.51. The zero-order valence-electron chi connectivity index (χ0n) is 14.9. The number of aryl methyl sites for hydroxylation is 1. The second-order valence-corrected chi connectivity index (χ2v) is 7.43. The number of carbonyl (C=O) groups is 1. The zero-order valence-corrected chi connectivity index (χ0v) is 16.4. The maximum Gasteiger partial charge on any atom is 0.275 e. The smallest absolute Gasteiger partial charge is 0.275 e. The molecule has 0 saturated carbocycles. The van der Waals surface area contributed by atoms with E-state index in [1.165, 1.54) is 16.7 Å². The van der Waals surface area contributed by atoms with Gasteiger partial charge >= 0.3 is 0 Å². The van der Waals surface area contributed by atoms with Gasteiger partial charge in [-0.2, -0.15) is 0 Å². The number of nitrogens with one attached hydrogen (secondary N) is 1. The van der Waals surface area contributed by atoms with Crippen LogP contribution < -0.4 is 10.9 Å². The molecule has 1 N–H and O–H groups in total. The third-order valence-electron chi connectivity index (χ3n) is 4.64. The number of halogens is 2. The van der Waals surface area contributed by atoms with E-state index in [1.807, 2.05) is 24.3 Å². The van der Waals surface area contributed by atoms with Gasteiger partial charge in [-0.3, -0.25) is 9.59 Å². The summed E-state index contributed by atoms with van der Waals surface area (Å²) < 4.78 is 18.0. The van der Waals surface area contributed by atoms with E-state index >= 15 is 0 Å². The van der Waals surface area contributed by atoms with Crippen LogP contribution in [0.1, 0.15) is 12.0 Å². The summed E-state index contributed by atoms with van der Waals surface area (Å²) in [5.41, 5.74) is 2.41. The molecule has 0 spiro atoms. The molecule has 2 aromatic heterocycles. The number of nitrogens with zero attached hydrogens (tertiary/aromatic N) is 2. The molecule has 2 aromatic carbocycles. The summed E-state index contributed by atoms with van der Waals surface area (Å²) in [6.45, 7) is 0.574. The van der Waals surface area contributed by atoms with Crippen molar-refractivity contribution >= 4 is 38.4 Å². The predicted octanol–water partition coefficient (Wildman–Crippen LogP) is 3.86. The monoisotopic (exact) mass is 441 g/mol. The predicted molar refractivity (Wildman–Crippen MR) is 110 cm³/mol. The van der Waals surface area contributed by atoms with Gasteiger partial charge < -0.3 is 14.3 Å². The number of rotatable bonds is 5.